The third-order valence-corrected chi connectivity index (χ3v) is 3.45. The minimum atomic E-state index is -0.0917. The van der Waals surface area contributed by atoms with E-state index in [9.17, 15) is 4.79 Å². The van der Waals surface area contributed by atoms with Crippen LogP contribution in [-0.2, 0) is 6.54 Å². The summed E-state index contributed by atoms with van der Waals surface area (Å²) in [6.07, 6.45) is 1.72. The van der Waals surface area contributed by atoms with Crippen LogP contribution in [0.1, 0.15) is 15.9 Å². The van der Waals surface area contributed by atoms with Gasteiger partial charge in [-0.25, -0.2) is 0 Å². The van der Waals surface area contributed by atoms with Crippen LogP contribution < -0.4 is 9.47 Å². The highest BCUT2D eigenvalue weighted by molar-refractivity contribution is 5.95. The molecule has 1 amide bonds. The quantitative estimate of drug-likeness (QED) is 0.734. The van der Waals surface area contributed by atoms with E-state index in [-0.39, 0.29) is 5.91 Å². The molecule has 0 radical (unpaired) electrons. The zero-order valence-corrected chi connectivity index (χ0v) is 13.5. The summed E-state index contributed by atoms with van der Waals surface area (Å²) in [5.41, 5.74) is 1.59. The average Bonchev–Trinajstić information content (AvgIpc) is 2.61. The summed E-state index contributed by atoms with van der Waals surface area (Å²) in [4.78, 5) is 14.6. The van der Waals surface area contributed by atoms with Crippen molar-refractivity contribution < 1.29 is 14.3 Å². The highest BCUT2D eigenvalue weighted by Crippen LogP contribution is 2.24. The fourth-order valence-corrected chi connectivity index (χ4v) is 2.29. The van der Waals surface area contributed by atoms with Crippen molar-refractivity contribution in [2.24, 2.45) is 0 Å². The molecule has 0 aliphatic carbocycles. The van der Waals surface area contributed by atoms with Crippen LogP contribution in [-0.4, -0.2) is 31.6 Å². The summed E-state index contributed by atoms with van der Waals surface area (Å²) in [7, 11) is 3.13. The van der Waals surface area contributed by atoms with Crippen molar-refractivity contribution >= 4 is 5.91 Å². The van der Waals surface area contributed by atoms with Gasteiger partial charge in [0.15, 0.2) is 0 Å². The Morgan fingerprint density at radius 2 is 1.70 bits per heavy atom. The van der Waals surface area contributed by atoms with E-state index in [1.807, 2.05) is 30.3 Å². The zero-order valence-electron chi connectivity index (χ0n) is 13.5. The van der Waals surface area contributed by atoms with Gasteiger partial charge in [-0.2, -0.15) is 0 Å². The topological polar surface area (TPSA) is 38.8 Å². The van der Waals surface area contributed by atoms with Gasteiger partial charge in [0.1, 0.15) is 11.5 Å². The molecule has 0 unspecified atom stereocenters. The first-order chi connectivity index (χ1) is 11.2. The number of methoxy groups -OCH3 is 2. The molecule has 0 heterocycles. The van der Waals surface area contributed by atoms with Crippen LogP contribution in [0.25, 0.3) is 0 Å². The van der Waals surface area contributed by atoms with Crippen molar-refractivity contribution in [2.75, 3.05) is 20.8 Å². The lowest BCUT2D eigenvalue weighted by Crippen LogP contribution is -2.30. The Morgan fingerprint density at radius 1 is 1.09 bits per heavy atom. The molecule has 0 fully saturated rings. The van der Waals surface area contributed by atoms with Gasteiger partial charge in [0.05, 0.1) is 14.2 Å². The molecule has 0 aliphatic heterocycles. The number of rotatable bonds is 7. The Balaban J connectivity index is 2.28. The fourth-order valence-electron chi connectivity index (χ4n) is 2.29. The highest BCUT2D eigenvalue weighted by Gasteiger charge is 2.17. The number of hydrogen-bond acceptors (Lipinski definition) is 3. The first-order valence-corrected chi connectivity index (χ1v) is 7.35. The third-order valence-electron chi connectivity index (χ3n) is 3.45. The minimum absolute atomic E-state index is 0.0917. The molecule has 0 aliphatic rings. The Morgan fingerprint density at radius 3 is 2.22 bits per heavy atom. The van der Waals surface area contributed by atoms with Crippen LogP contribution in [0.4, 0.5) is 0 Å². The Kier molecular flexibility index (Phi) is 5.80. The molecule has 0 saturated heterocycles. The summed E-state index contributed by atoms with van der Waals surface area (Å²) in [5, 5.41) is 0. The lowest BCUT2D eigenvalue weighted by Gasteiger charge is -2.22. The van der Waals surface area contributed by atoms with Crippen molar-refractivity contribution in [2.45, 2.75) is 6.54 Å². The summed E-state index contributed by atoms with van der Waals surface area (Å²) in [6, 6.07) is 15.0. The van der Waals surface area contributed by atoms with Gasteiger partial charge in [0.2, 0.25) is 0 Å². The maximum Gasteiger partial charge on any atom is 0.254 e. The minimum Gasteiger partial charge on any atom is -0.497 e. The molecule has 4 heteroatoms. The van der Waals surface area contributed by atoms with Crippen molar-refractivity contribution in [3.63, 3.8) is 0 Å². The van der Waals surface area contributed by atoms with Crippen LogP contribution >= 0.6 is 0 Å². The lowest BCUT2D eigenvalue weighted by molar-refractivity contribution is 0.0762. The van der Waals surface area contributed by atoms with Crippen LogP contribution in [0.15, 0.2) is 61.2 Å². The standard InChI is InChI=1S/C19H21NO3/c1-4-10-20(14-15-8-6-5-7-9-15)19(21)16-11-17(22-2)13-18(12-16)23-3/h4-9,11-13H,1,10,14H2,2-3H3. The summed E-state index contributed by atoms with van der Waals surface area (Å²) in [6.45, 7) is 4.73. The number of nitrogens with zero attached hydrogens (tertiary/aromatic N) is 1. The molecule has 23 heavy (non-hydrogen) atoms. The van der Waals surface area contributed by atoms with E-state index in [0.29, 0.717) is 30.2 Å². The van der Waals surface area contributed by atoms with Crippen molar-refractivity contribution in [3.8, 4) is 11.5 Å². The number of amides is 1. The van der Waals surface area contributed by atoms with Crippen LogP contribution in [0.3, 0.4) is 0 Å². The summed E-state index contributed by atoms with van der Waals surface area (Å²) in [5.74, 6) is 1.09. The van der Waals surface area contributed by atoms with Gasteiger partial charge >= 0.3 is 0 Å². The first kappa shape index (κ1) is 16.6. The maximum atomic E-state index is 12.8. The number of ether oxygens (including phenoxy) is 2. The highest BCUT2D eigenvalue weighted by atomic mass is 16.5. The molecule has 0 bridgehead atoms. The monoisotopic (exact) mass is 311 g/mol. The van der Waals surface area contributed by atoms with Crippen LogP contribution in [0, 0.1) is 0 Å². The lowest BCUT2D eigenvalue weighted by atomic mass is 10.1. The van der Waals surface area contributed by atoms with E-state index in [1.54, 1.807) is 43.4 Å². The normalized spacial score (nSPS) is 10.0. The molecule has 0 N–H and O–H groups in total. The molecule has 0 saturated carbocycles. The van der Waals surface area contributed by atoms with Gasteiger partial charge in [-0.05, 0) is 17.7 Å². The maximum absolute atomic E-state index is 12.8. The van der Waals surface area contributed by atoms with Gasteiger partial charge in [-0.1, -0.05) is 36.4 Å². The second kappa shape index (κ2) is 8.03. The molecular weight excluding hydrogens is 290 g/mol. The van der Waals surface area contributed by atoms with Crippen molar-refractivity contribution in [1.82, 2.24) is 4.90 Å². The predicted octanol–water partition coefficient (Wildman–Crippen LogP) is 3.53. The molecule has 0 spiro atoms. The predicted molar refractivity (Wildman–Crippen MR) is 90.9 cm³/mol. The first-order valence-electron chi connectivity index (χ1n) is 7.35. The van der Waals surface area contributed by atoms with Gasteiger partial charge in [0.25, 0.3) is 5.91 Å². The van der Waals surface area contributed by atoms with Gasteiger partial charge in [-0.3, -0.25) is 4.79 Å². The van der Waals surface area contributed by atoms with E-state index in [1.165, 1.54) is 0 Å². The van der Waals surface area contributed by atoms with Crippen molar-refractivity contribution in [3.05, 3.63) is 72.3 Å². The fraction of sp³-hybridized carbons (Fsp3) is 0.211. The Hall–Kier alpha value is -2.75. The Bertz CT molecular complexity index is 645. The second-order valence-electron chi connectivity index (χ2n) is 5.06. The number of carbonyl (C=O) groups excluding carboxylic acids is 1. The van der Waals surface area contributed by atoms with Gasteiger partial charge < -0.3 is 14.4 Å². The molecule has 0 aromatic heterocycles. The SMILES string of the molecule is C=CCN(Cc1ccccc1)C(=O)c1cc(OC)cc(OC)c1. The average molecular weight is 311 g/mol. The van der Waals surface area contributed by atoms with Gasteiger partial charge in [-0.15, -0.1) is 6.58 Å². The van der Waals surface area contributed by atoms with Crippen LogP contribution in [0.5, 0.6) is 11.5 Å². The van der Waals surface area contributed by atoms with Crippen molar-refractivity contribution in [1.29, 1.82) is 0 Å². The molecule has 2 aromatic carbocycles. The van der Waals surface area contributed by atoms with E-state index in [2.05, 4.69) is 6.58 Å². The third kappa shape index (κ3) is 4.36. The molecule has 2 aromatic rings. The van der Waals surface area contributed by atoms with E-state index in [4.69, 9.17) is 9.47 Å². The molecule has 2 rings (SSSR count). The number of benzene rings is 2. The number of hydrogen-bond donors (Lipinski definition) is 0. The zero-order chi connectivity index (χ0) is 16.7. The van der Waals surface area contributed by atoms with Crippen LogP contribution in [0.2, 0.25) is 0 Å². The summed E-state index contributed by atoms with van der Waals surface area (Å²) < 4.78 is 10.5. The molecular formula is C19H21NO3. The summed E-state index contributed by atoms with van der Waals surface area (Å²) >= 11 is 0. The van der Waals surface area contributed by atoms with E-state index in [0.717, 1.165) is 5.56 Å². The van der Waals surface area contributed by atoms with E-state index >= 15 is 0 Å². The second-order valence-corrected chi connectivity index (χ2v) is 5.06. The molecule has 120 valence electrons. The number of carbonyl (C=O) groups is 1. The smallest absolute Gasteiger partial charge is 0.254 e. The Labute approximate surface area is 137 Å². The largest absolute Gasteiger partial charge is 0.497 e. The molecule has 4 nitrogen and oxygen atoms in total. The van der Waals surface area contributed by atoms with Gasteiger partial charge in [0, 0.05) is 24.7 Å². The molecule has 0 atom stereocenters. The van der Waals surface area contributed by atoms with E-state index < -0.39 is 0 Å².